The summed E-state index contributed by atoms with van der Waals surface area (Å²) in [6, 6.07) is 51.3. The van der Waals surface area contributed by atoms with Gasteiger partial charge < -0.3 is 4.90 Å². The monoisotopic (exact) mass is 833 g/mol. The molecule has 2 atom stereocenters. The fourth-order valence-electron chi connectivity index (χ4n) is 10.8. The second-order valence-corrected chi connectivity index (χ2v) is 20.5. The average molecular weight is 834 g/mol. The second-order valence-electron chi connectivity index (χ2n) is 19.5. The van der Waals surface area contributed by atoms with Gasteiger partial charge in [-0.25, -0.2) is 0 Å². The Kier molecular flexibility index (Phi) is 9.77. The first-order valence-electron chi connectivity index (χ1n) is 22.9. The van der Waals surface area contributed by atoms with Crippen molar-refractivity contribution in [3.05, 3.63) is 220 Å². The van der Waals surface area contributed by atoms with Gasteiger partial charge in [-0.2, -0.15) is 0 Å². The van der Waals surface area contributed by atoms with Crippen LogP contribution in [0.15, 0.2) is 182 Å². The van der Waals surface area contributed by atoms with Gasteiger partial charge in [0.05, 0.1) is 6.04 Å². The summed E-state index contributed by atoms with van der Waals surface area (Å²) in [4.78, 5) is 4.10. The standard InChI is InChI=1S/C61H55NS/c1-60(2,3)45-32-26-40(27-33-45)43-30-36-50-53-38-44(31-37-54(53)61(4,5)55(50)39-43)48-19-10-13-24-57(48)62(56-23-12-9-18-47(56)41-16-7-6-8-17-41)46-34-28-42(29-35-46)49-21-15-22-52-51-20-11-14-25-58(51)63-59(49)52/h6-10,12-17,19,21-23,25-39,47,57H,11,18,20,24H2,1-5H3. The van der Waals surface area contributed by atoms with Gasteiger partial charge in [-0.1, -0.05) is 180 Å². The van der Waals surface area contributed by atoms with Crippen molar-refractivity contribution in [2.45, 2.75) is 83.1 Å². The smallest absolute Gasteiger partial charge is 0.0629 e. The predicted octanol–water partition coefficient (Wildman–Crippen LogP) is 16.6. The number of aryl methyl sites for hydroxylation is 1. The molecule has 310 valence electrons. The van der Waals surface area contributed by atoms with Gasteiger partial charge in [0.2, 0.25) is 0 Å². The molecule has 0 N–H and O–H groups in total. The van der Waals surface area contributed by atoms with Crippen molar-refractivity contribution in [2.75, 3.05) is 4.90 Å². The van der Waals surface area contributed by atoms with Crippen molar-refractivity contribution < 1.29 is 0 Å². The highest BCUT2D eigenvalue weighted by Crippen LogP contribution is 2.51. The molecule has 0 aliphatic heterocycles. The molecule has 2 heteroatoms. The summed E-state index contributed by atoms with van der Waals surface area (Å²) in [5.41, 5.74) is 20.1. The Labute approximate surface area is 378 Å². The van der Waals surface area contributed by atoms with E-state index in [4.69, 9.17) is 0 Å². The molecule has 1 heterocycles. The van der Waals surface area contributed by atoms with Gasteiger partial charge in [-0.05, 0) is 145 Å². The highest BCUT2D eigenvalue weighted by molar-refractivity contribution is 7.20. The van der Waals surface area contributed by atoms with Gasteiger partial charge in [0.1, 0.15) is 0 Å². The van der Waals surface area contributed by atoms with Crippen LogP contribution in [-0.4, -0.2) is 6.04 Å². The van der Waals surface area contributed by atoms with Crippen LogP contribution in [0, 0.1) is 0 Å². The van der Waals surface area contributed by atoms with Crippen molar-refractivity contribution in [1.82, 2.24) is 0 Å². The lowest BCUT2D eigenvalue weighted by Gasteiger charge is -2.41. The number of anilines is 1. The zero-order valence-electron chi connectivity index (χ0n) is 37.2. The van der Waals surface area contributed by atoms with Crippen LogP contribution in [0.1, 0.15) is 98.1 Å². The number of thiophene rings is 1. The Bertz CT molecular complexity index is 3050. The number of benzene rings is 6. The second kappa shape index (κ2) is 15.5. The van der Waals surface area contributed by atoms with Crippen LogP contribution >= 0.6 is 11.3 Å². The minimum Gasteiger partial charge on any atom is -0.337 e. The molecule has 4 aliphatic rings. The van der Waals surface area contributed by atoms with Crippen molar-refractivity contribution in [2.24, 2.45) is 0 Å². The van der Waals surface area contributed by atoms with Gasteiger partial charge in [0.15, 0.2) is 0 Å². The first-order chi connectivity index (χ1) is 30.6. The van der Waals surface area contributed by atoms with Gasteiger partial charge in [0.25, 0.3) is 0 Å². The lowest BCUT2D eigenvalue weighted by Crippen LogP contribution is -2.38. The van der Waals surface area contributed by atoms with Gasteiger partial charge in [-0.3, -0.25) is 0 Å². The van der Waals surface area contributed by atoms with Gasteiger partial charge in [0, 0.05) is 32.3 Å². The van der Waals surface area contributed by atoms with E-state index in [0.717, 1.165) is 25.7 Å². The van der Waals surface area contributed by atoms with E-state index in [0.29, 0.717) is 0 Å². The third kappa shape index (κ3) is 6.91. The van der Waals surface area contributed by atoms with Crippen molar-refractivity contribution >= 4 is 38.8 Å². The Morgan fingerprint density at radius 1 is 0.619 bits per heavy atom. The van der Waals surface area contributed by atoms with Gasteiger partial charge in [-0.15, -0.1) is 11.3 Å². The predicted molar refractivity (Wildman–Crippen MR) is 272 cm³/mol. The Morgan fingerprint density at radius 3 is 2.17 bits per heavy atom. The molecule has 11 rings (SSSR count). The fraction of sp³-hybridized carbons (Fsp3) is 0.213. The molecule has 0 saturated carbocycles. The summed E-state index contributed by atoms with van der Waals surface area (Å²) >= 11 is 1.95. The van der Waals surface area contributed by atoms with Crippen LogP contribution < -0.4 is 4.90 Å². The van der Waals surface area contributed by atoms with E-state index in [9.17, 15) is 0 Å². The molecule has 0 bridgehead atoms. The molecule has 63 heavy (non-hydrogen) atoms. The number of rotatable bonds is 7. The number of hydrogen-bond donors (Lipinski definition) is 0. The third-order valence-corrected chi connectivity index (χ3v) is 15.5. The fourth-order valence-corrected chi connectivity index (χ4v) is 12.1. The van der Waals surface area contributed by atoms with E-state index in [1.54, 1.807) is 0 Å². The molecule has 0 spiro atoms. The molecule has 1 nitrogen and oxygen atoms in total. The Balaban J connectivity index is 0.988. The molecule has 0 amide bonds. The van der Waals surface area contributed by atoms with E-state index >= 15 is 0 Å². The molecule has 7 aromatic rings. The topological polar surface area (TPSA) is 3.24 Å². The Morgan fingerprint density at radius 2 is 1.37 bits per heavy atom. The summed E-state index contributed by atoms with van der Waals surface area (Å²) in [6.07, 6.45) is 22.8. The van der Waals surface area contributed by atoms with E-state index in [2.05, 4.69) is 222 Å². The maximum Gasteiger partial charge on any atom is 0.0629 e. The maximum absolute atomic E-state index is 2.68. The molecule has 0 fully saturated rings. The van der Waals surface area contributed by atoms with E-state index in [1.807, 2.05) is 11.3 Å². The molecular weight excluding hydrogens is 779 g/mol. The van der Waals surface area contributed by atoms with Crippen LogP contribution in [0.25, 0.3) is 55.1 Å². The first kappa shape index (κ1) is 39.6. The van der Waals surface area contributed by atoms with Crippen molar-refractivity contribution in [3.63, 3.8) is 0 Å². The summed E-state index contributed by atoms with van der Waals surface area (Å²) in [6.45, 7) is 11.6. The first-order valence-corrected chi connectivity index (χ1v) is 23.7. The SMILES string of the molecule is CC(C)(C)c1ccc(-c2ccc3c(c2)C(C)(C)c2ccc(C4=CC=CCC4N(C4=CC=CCC4c4ccccc4)c4ccc(-c5cccc6c7c(sc56)C=CCC7)cc4)cc2-3)cc1. The molecular formula is C61H55NS. The molecule has 0 saturated heterocycles. The maximum atomic E-state index is 2.68. The Hall–Kier alpha value is -6.22. The molecule has 1 aromatic heterocycles. The van der Waals surface area contributed by atoms with Crippen LogP contribution in [0.2, 0.25) is 0 Å². The number of allylic oxidation sites excluding steroid dienone is 7. The number of fused-ring (bicyclic) bond motifs is 6. The number of nitrogens with zero attached hydrogens (tertiary/aromatic N) is 1. The van der Waals surface area contributed by atoms with Crippen LogP contribution in [0.3, 0.4) is 0 Å². The van der Waals surface area contributed by atoms with Crippen molar-refractivity contribution in [1.29, 1.82) is 0 Å². The minimum atomic E-state index is -0.107. The van der Waals surface area contributed by atoms with Crippen molar-refractivity contribution in [3.8, 4) is 33.4 Å². The van der Waals surface area contributed by atoms with E-state index in [-0.39, 0.29) is 22.8 Å². The summed E-state index contributed by atoms with van der Waals surface area (Å²) < 4.78 is 1.40. The van der Waals surface area contributed by atoms with Crippen LogP contribution in [0.5, 0.6) is 0 Å². The van der Waals surface area contributed by atoms with Crippen LogP contribution in [0.4, 0.5) is 5.69 Å². The summed E-state index contributed by atoms with van der Waals surface area (Å²) in [7, 11) is 0. The molecule has 4 aliphatic carbocycles. The number of hydrogen-bond acceptors (Lipinski definition) is 2. The minimum absolute atomic E-state index is 0.106. The van der Waals surface area contributed by atoms with Gasteiger partial charge >= 0.3 is 0 Å². The molecule has 2 unspecified atom stereocenters. The zero-order valence-corrected chi connectivity index (χ0v) is 38.0. The average Bonchev–Trinajstić information content (AvgIpc) is 3.81. The quantitative estimate of drug-likeness (QED) is 0.155. The lowest BCUT2D eigenvalue weighted by molar-refractivity contribution is 0.590. The third-order valence-electron chi connectivity index (χ3n) is 14.3. The molecule has 0 radical (unpaired) electrons. The normalized spacial score (nSPS) is 18.4. The van der Waals surface area contributed by atoms with E-state index in [1.165, 1.54) is 98.7 Å². The van der Waals surface area contributed by atoms with Crippen LogP contribution in [-0.2, 0) is 17.3 Å². The highest BCUT2D eigenvalue weighted by atomic mass is 32.1. The molecule has 6 aromatic carbocycles. The summed E-state index contributed by atoms with van der Waals surface area (Å²) in [5.74, 6) is 0.244. The van der Waals surface area contributed by atoms with E-state index < -0.39 is 0 Å². The largest absolute Gasteiger partial charge is 0.337 e. The zero-order chi connectivity index (χ0) is 42.9. The summed E-state index contributed by atoms with van der Waals surface area (Å²) in [5, 5.41) is 1.42. The lowest BCUT2D eigenvalue weighted by atomic mass is 9.80. The highest BCUT2D eigenvalue weighted by Gasteiger charge is 2.37.